The number of hydrogen-bond donors (Lipinski definition) is 1. The van der Waals surface area contributed by atoms with E-state index in [1.807, 2.05) is 0 Å². The second kappa shape index (κ2) is 3.12. The van der Waals surface area contributed by atoms with E-state index in [1.54, 1.807) is 31.8 Å². The van der Waals surface area contributed by atoms with Crippen molar-refractivity contribution < 1.29 is 8.42 Å². The van der Waals surface area contributed by atoms with Gasteiger partial charge in [0.15, 0.2) is 0 Å². The summed E-state index contributed by atoms with van der Waals surface area (Å²) in [4.78, 5) is 0. The van der Waals surface area contributed by atoms with Gasteiger partial charge < -0.3 is 0 Å². The zero-order chi connectivity index (χ0) is 10.2. The van der Waals surface area contributed by atoms with Gasteiger partial charge in [0.2, 0.25) is 10.0 Å². The zero-order valence-corrected chi connectivity index (χ0v) is 8.67. The number of hydrogen-bond acceptors (Lipinski definition) is 3. The van der Waals surface area contributed by atoms with Gasteiger partial charge in [0.05, 0.1) is 5.69 Å². The van der Waals surface area contributed by atoms with E-state index in [0.29, 0.717) is 11.3 Å². The third-order valence-corrected chi connectivity index (χ3v) is 3.22. The van der Waals surface area contributed by atoms with Gasteiger partial charge in [0.25, 0.3) is 0 Å². The molecule has 1 aromatic rings. The smallest absolute Gasteiger partial charge is 0.216 e. The van der Waals surface area contributed by atoms with Crippen LogP contribution in [0, 0.1) is 6.92 Å². The molecule has 0 bridgehead atoms. The average molecular weight is 203 g/mol. The van der Waals surface area contributed by atoms with Gasteiger partial charge in [-0.05, 0) is 13.8 Å². The Balaban J connectivity index is 3.16. The summed E-state index contributed by atoms with van der Waals surface area (Å²) in [7, 11) is -1.78. The van der Waals surface area contributed by atoms with Crippen LogP contribution in [-0.2, 0) is 17.1 Å². The number of nitrogens with two attached hydrogens (primary N) is 1. The van der Waals surface area contributed by atoms with Crippen molar-refractivity contribution in [1.29, 1.82) is 0 Å². The summed E-state index contributed by atoms with van der Waals surface area (Å²) in [6.07, 6.45) is 1.67. The Morgan fingerprint density at radius 3 is 2.46 bits per heavy atom. The fourth-order valence-electron chi connectivity index (χ4n) is 1.19. The molecule has 6 heteroatoms. The van der Waals surface area contributed by atoms with Gasteiger partial charge in [-0.3, -0.25) is 4.68 Å². The second-order valence-electron chi connectivity index (χ2n) is 3.07. The Morgan fingerprint density at radius 2 is 2.15 bits per heavy atom. The molecular weight excluding hydrogens is 190 g/mol. The maximum atomic E-state index is 11.0. The largest absolute Gasteiger partial charge is 0.275 e. The summed E-state index contributed by atoms with van der Waals surface area (Å²) < 4.78 is 23.6. The molecule has 0 aromatic carbocycles. The predicted molar refractivity (Wildman–Crippen MR) is 49.5 cm³/mol. The van der Waals surface area contributed by atoms with Crippen LogP contribution < -0.4 is 5.14 Å². The lowest BCUT2D eigenvalue weighted by molar-refractivity contribution is 0.587. The van der Waals surface area contributed by atoms with E-state index in [2.05, 4.69) is 5.10 Å². The predicted octanol–water partition coefficient (Wildman–Crippen LogP) is 0.0780. The summed E-state index contributed by atoms with van der Waals surface area (Å²) in [5, 5.41) is 8.37. The van der Waals surface area contributed by atoms with Gasteiger partial charge in [-0.15, -0.1) is 0 Å². The number of sulfonamides is 1. The van der Waals surface area contributed by atoms with Crippen LogP contribution in [0.3, 0.4) is 0 Å². The van der Waals surface area contributed by atoms with Gasteiger partial charge in [0.1, 0.15) is 5.25 Å². The molecule has 0 saturated heterocycles. The summed E-state index contributed by atoms with van der Waals surface area (Å²) in [6, 6.07) is 0. The first-order valence-electron chi connectivity index (χ1n) is 3.84. The Labute approximate surface area is 77.6 Å². The van der Waals surface area contributed by atoms with Gasteiger partial charge >= 0.3 is 0 Å². The minimum atomic E-state index is -3.52. The molecule has 1 heterocycles. The van der Waals surface area contributed by atoms with Crippen molar-refractivity contribution >= 4 is 10.0 Å². The summed E-state index contributed by atoms with van der Waals surface area (Å²) in [5.74, 6) is 0. The molecule has 0 radical (unpaired) electrons. The quantitative estimate of drug-likeness (QED) is 0.739. The van der Waals surface area contributed by atoms with Gasteiger partial charge in [-0.2, -0.15) is 5.10 Å². The normalized spacial score (nSPS) is 14.5. The highest BCUT2D eigenvalue weighted by Crippen LogP contribution is 2.21. The van der Waals surface area contributed by atoms with Crippen LogP contribution in [0.2, 0.25) is 0 Å². The van der Waals surface area contributed by atoms with E-state index in [-0.39, 0.29) is 0 Å². The van der Waals surface area contributed by atoms with Crippen molar-refractivity contribution in [3.63, 3.8) is 0 Å². The fraction of sp³-hybridized carbons (Fsp3) is 0.571. The standard InChI is InChI=1S/C7H13N3O2S/c1-5-7(4-10(3)9-5)6(2)13(8,11)12/h4,6H,1-3H3,(H2,8,11,12). The molecule has 0 aliphatic rings. The zero-order valence-electron chi connectivity index (χ0n) is 7.85. The summed E-state index contributed by atoms with van der Waals surface area (Å²) >= 11 is 0. The molecule has 5 nitrogen and oxygen atoms in total. The second-order valence-corrected chi connectivity index (χ2v) is 4.96. The van der Waals surface area contributed by atoms with Crippen molar-refractivity contribution in [2.45, 2.75) is 19.1 Å². The van der Waals surface area contributed by atoms with Crippen molar-refractivity contribution in [2.24, 2.45) is 12.2 Å². The topological polar surface area (TPSA) is 78.0 Å². The number of aryl methyl sites for hydroxylation is 2. The van der Waals surface area contributed by atoms with Crippen molar-refractivity contribution in [2.75, 3.05) is 0 Å². The van der Waals surface area contributed by atoms with E-state index in [1.165, 1.54) is 0 Å². The number of rotatable bonds is 2. The van der Waals surface area contributed by atoms with E-state index in [9.17, 15) is 8.42 Å². The Kier molecular flexibility index (Phi) is 2.44. The molecule has 0 spiro atoms. The molecule has 2 N–H and O–H groups in total. The first-order valence-corrected chi connectivity index (χ1v) is 5.45. The molecule has 1 unspecified atom stereocenters. The molecule has 0 aliphatic carbocycles. The van der Waals surface area contributed by atoms with E-state index >= 15 is 0 Å². The number of aromatic nitrogens is 2. The summed E-state index contributed by atoms with van der Waals surface area (Å²) in [5.41, 5.74) is 1.36. The van der Waals surface area contributed by atoms with Crippen LogP contribution in [0.15, 0.2) is 6.20 Å². The maximum absolute atomic E-state index is 11.0. The highest BCUT2D eigenvalue weighted by atomic mass is 32.2. The van der Waals surface area contributed by atoms with Crippen LogP contribution >= 0.6 is 0 Å². The first kappa shape index (κ1) is 10.2. The molecule has 0 fully saturated rings. The van der Waals surface area contributed by atoms with Crippen LogP contribution in [0.25, 0.3) is 0 Å². The third kappa shape index (κ3) is 2.07. The third-order valence-electron chi connectivity index (χ3n) is 1.98. The highest BCUT2D eigenvalue weighted by Gasteiger charge is 2.21. The van der Waals surface area contributed by atoms with Gasteiger partial charge in [-0.1, -0.05) is 0 Å². The SMILES string of the molecule is Cc1nn(C)cc1C(C)S(N)(=O)=O. The monoisotopic (exact) mass is 203 g/mol. The van der Waals surface area contributed by atoms with E-state index in [4.69, 9.17) is 5.14 Å². The highest BCUT2D eigenvalue weighted by molar-refractivity contribution is 7.89. The molecule has 13 heavy (non-hydrogen) atoms. The first-order chi connectivity index (χ1) is 5.82. The van der Waals surface area contributed by atoms with E-state index < -0.39 is 15.3 Å². The number of primary sulfonamides is 1. The Bertz CT molecular complexity index is 407. The molecule has 0 aliphatic heterocycles. The number of nitrogens with zero attached hydrogens (tertiary/aromatic N) is 2. The van der Waals surface area contributed by atoms with Crippen LogP contribution in [-0.4, -0.2) is 18.2 Å². The molecule has 1 atom stereocenters. The molecule has 0 saturated carbocycles. The fourth-order valence-corrected chi connectivity index (χ4v) is 1.78. The van der Waals surface area contributed by atoms with Crippen molar-refractivity contribution in [1.82, 2.24) is 9.78 Å². The minimum Gasteiger partial charge on any atom is -0.275 e. The Hall–Kier alpha value is -0.880. The van der Waals surface area contributed by atoms with Crippen LogP contribution in [0.4, 0.5) is 0 Å². The maximum Gasteiger partial charge on any atom is 0.216 e. The van der Waals surface area contributed by atoms with Crippen molar-refractivity contribution in [3.8, 4) is 0 Å². The molecule has 74 valence electrons. The lowest BCUT2D eigenvalue weighted by Gasteiger charge is -2.06. The lowest BCUT2D eigenvalue weighted by Crippen LogP contribution is -2.19. The molecule has 0 amide bonds. The van der Waals surface area contributed by atoms with Crippen molar-refractivity contribution in [3.05, 3.63) is 17.5 Å². The van der Waals surface area contributed by atoms with E-state index in [0.717, 1.165) is 0 Å². The van der Waals surface area contributed by atoms with Crippen LogP contribution in [0.1, 0.15) is 23.4 Å². The molecule has 1 rings (SSSR count). The minimum absolute atomic E-state index is 0.657. The average Bonchev–Trinajstić information content (AvgIpc) is 2.26. The molecule has 1 aromatic heterocycles. The van der Waals surface area contributed by atoms with Crippen LogP contribution in [0.5, 0.6) is 0 Å². The van der Waals surface area contributed by atoms with Gasteiger partial charge in [0, 0.05) is 18.8 Å². The summed E-state index contributed by atoms with van der Waals surface area (Å²) in [6.45, 7) is 3.32. The lowest BCUT2D eigenvalue weighted by atomic mass is 10.2. The van der Waals surface area contributed by atoms with Gasteiger partial charge in [-0.25, -0.2) is 13.6 Å². The molecular formula is C7H13N3O2S. The Morgan fingerprint density at radius 1 is 1.62 bits per heavy atom.